The molecule has 0 radical (unpaired) electrons. The van der Waals surface area contributed by atoms with Crippen molar-refractivity contribution in [3.05, 3.63) is 65.7 Å². The van der Waals surface area contributed by atoms with E-state index in [1.54, 1.807) is 0 Å². The number of carbonyl (C=O) groups excluding carboxylic acids is 1. The molecule has 0 aromatic heterocycles. The van der Waals surface area contributed by atoms with Gasteiger partial charge in [-0.05, 0) is 17.2 Å². The Morgan fingerprint density at radius 1 is 1.00 bits per heavy atom. The number of carbonyl (C=O) groups is 1. The topological polar surface area (TPSA) is 26.8 Å². The molecule has 0 aliphatic carbocycles. The minimum atomic E-state index is 0.252. The van der Waals surface area contributed by atoms with Crippen LogP contribution in [0.25, 0.3) is 0 Å². The molecule has 1 fully saturated rings. The molecule has 2 aromatic carbocycles. The van der Waals surface area contributed by atoms with Crippen molar-refractivity contribution in [1.82, 2.24) is 9.80 Å². The first kappa shape index (κ1) is 17.1. The van der Waals surface area contributed by atoms with E-state index in [0.717, 1.165) is 39.3 Å². The zero-order chi connectivity index (χ0) is 17.9. The van der Waals surface area contributed by atoms with E-state index in [1.807, 2.05) is 6.92 Å². The highest BCUT2D eigenvalue weighted by Crippen LogP contribution is 2.30. The third-order valence-corrected chi connectivity index (χ3v) is 5.56. The van der Waals surface area contributed by atoms with Crippen LogP contribution in [0, 0.1) is 0 Å². The largest absolute Gasteiger partial charge is 0.364 e. The van der Waals surface area contributed by atoms with E-state index in [4.69, 9.17) is 0 Å². The number of anilines is 1. The van der Waals surface area contributed by atoms with E-state index in [-0.39, 0.29) is 5.91 Å². The van der Waals surface area contributed by atoms with Gasteiger partial charge in [0.1, 0.15) is 0 Å². The summed E-state index contributed by atoms with van der Waals surface area (Å²) < 4.78 is 0. The van der Waals surface area contributed by atoms with Crippen molar-refractivity contribution in [2.75, 3.05) is 31.1 Å². The lowest BCUT2D eigenvalue weighted by atomic mass is 10.1. The van der Waals surface area contributed by atoms with Gasteiger partial charge in [0.15, 0.2) is 0 Å². The minimum Gasteiger partial charge on any atom is -0.364 e. The second-order valence-corrected chi connectivity index (χ2v) is 7.32. The fourth-order valence-electron chi connectivity index (χ4n) is 4.24. The summed E-state index contributed by atoms with van der Waals surface area (Å²) in [5, 5.41) is 0. The van der Waals surface area contributed by atoms with Gasteiger partial charge < -0.3 is 9.80 Å². The maximum absolute atomic E-state index is 12.5. The average Bonchev–Trinajstić information content (AvgIpc) is 2.84. The molecule has 1 amide bonds. The van der Waals surface area contributed by atoms with Crippen LogP contribution < -0.4 is 4.90 Å². The van der Waals surface area contributed by atoms with Gasteiger partial charge in [-0.25, -0.2) is 0 Å². The lowest BCUT2D eigenvalue weighted by Gasteiger charge is -2.43. The van der Waals surface area contributed by atoms with Crippen molar-refractivity contribution in [2.24, 2.45) is 0 Å². The predicted molar refractivity (Wildman–Crippen MR) is 105 cm³/mol. The van der Waals surface area contributed by atoms with Crippen LogP contribution in [0.4, 0.5) is 5.69 Å². The number of fused-ring (bicyclic) bond motifs is 3. The smallest absolute Gasteiger partial charge is 0.222 e. The van der Waals surface area contributed by atoms with E-state index in [9.17, 15) is 4.79 Å². The minimum absolute atomic E-state index is 0.252. The third kappa shape index (κ3) is 3.47. The van der Waals surface area contributed by atoms with E-state index in [2.05, 4.69) is 69.3 Å². The summed E-state index contributed by atoms with van der Waals surface area (Å²) in [6.45, 7) is 7.55. The Bertz CT molecular complexity index is 761. The first-order valence-corrected chi connectivity index (χ1v) is 9.63. The van der Waals surface area contributed by atoms with Gasteiger partial charge >= 0.3 is 0 Å². The molecule has 0 spiro atoms. The maximum Gasteiger partial charge on any atom is 0.222 e. The molecule has 1 saturated heterocycles. The van der Waals surface area contributed by atoms with Crippen LogP contribution in [0.3, 0.4) is 0 Å². The zero-order valence-corrected chi connectivity index (χ0v) is 15.5. The zero-order valence-electron chi connectivity index (χ0n) is 15.5. The first-order valence-electron chi connectivity index (χ1n) is 9.63. The van der Waals surface area contributed by atoms with E-state index in [0.29, 0.717) is 12.5 Å². The van der Waals surface area contributed by atoms with Crippen LogP contribution in [-0.4, -0.2) is 47.9 Å². The summed E-state index contributed by atoms with van der Waals surface area (Å²) in [5.74, 6) is 0.252. The van der Waals surface area contributed by atoms with Crippen molar-refractivity contribution in [3.8, 4) is 0 Å². The van der Waals surface area contributed by atoms with Crippen molar-refractivity contribution in [2.45, 2.75) is 32.5 Å². The number of hydrogen-bond acceptors (Lipinski definition) is 3. The molecule has 2 aliphatic rings. The summed E-state index contributed by atoms with van der Waals surface area (Å²) in [5.41, 5.74) is 3.94. The molecule has 1 unspecified atom stereocenters. The average molecular weight is 349 g/mol. The molecule has 0 saturated carbocycles. The van der Waals surface area contributed by atoms with E-state index < -0.39 is 0 Å². The Hall–Kier alpha value is -2.33. The number of nitrogens with zero attached hydrogens (tertiary/aromatic N) is 3. The van der Waals surface area contributed by atoms with Gasteiger partial charge in [0, 0.05) is 51.4 Å². The number of rotatable bonds is 3. The Kier molecular flexibility index (Phi) is 4.93. The van der Waals surface area contributed by atoms with Crippen molar-refractivity contribution < 1.29 is 4.79 Å². The quantitative estimate of drug-likeness (QED) is 0.852. The summed E-state index contributed by atoms with van der Waals surface area (Å²) in [6, 6.07) is 19.6. The van der Waals surface area contributed by atoms with Crippen molar-refractivity contribution in [1.29, 1.82) is 0 Å². The molecule has 2 aromatic rings. The van der Waals surface area contributed by atoms with E-state index in [1.165, 1.54) is 16.8 Å². The summed E-state index contributed by atoms with van der Waals surface area (Å²) >= 11 is 0. The number of hydrogen-bond donors (Lipinski definition) is 0. The fraction of sp³-hybridized carbons (Fsp3) is 0.409. The molecule has 4 heteroatoms. The maximum atomic E-state index is 12.5. The second kappa shape index (κ2) is 7.50. The lowest BCUT2D eigenvalue weighted by Crippen LogP contribution is -2.56. The van der Waals surface area contributed by atoms with Gasteiger partial charge in [-0.1, -0.05) is 55.5 Å². The number of para-hydroxylation sites is 1. The molecule has 26 heavy (non-hydrogen) atoms. The molecule has 2 aliphatic heterocycles. The monoisotopic (exact) mass is 349 g/mol. The third-order valence-electron chi connectivity index (χ3n) is 5.56. The molecule has 0 N–H and O–H groups in total. The molecular formula is C22H27N3O. The second-order valence-electron chi connectivity index (χ2n) is 7.32. The standard InChI is InChI=1S/C22H27N3O/c1-2-22(26)24-15-19-10-6-7-11-21(19)25-13-12-23(16-20(25)17-24)14-18-8-4-3-5-9-18/h3-11,20H,2,12-17H2,1H3. The highest BCUT2D eigenvalue weighted by Gasteiger charge is 2.33. The number of amides is 1. The Morgan fingerprint density at radius 2 is 1.77 bits per heavy atom. The SMILES string of the molecule is CCC(=O)N1Cc2ccccc2N2CCN(Cc3ccccc3)CC2C1. The summed E-state index contributed by atoms with van der Waals surface area (Å²) in [7, 11) is 0. The first-order chi connectivity index (χ1) is 12.7. The lowest BCUT2D eigenvalue weighted by molar-refractivity contribution is -0.131. The Balaban J connectivity index is 1.57. The van der Waals surface area contributed by atoms with Crippen LogP contribution >= 0.6 is 0 Å². The van der Waals surface area contributed by atoms with Crippen LogP contribution in [0.5, 0.6) is 0 Å². The number of benzene rings is 2. The highest BCUT2D eigenvalue weighted by molar-refractivity contribution is 5.76. The Morgan fingerprint density at radius 3 is 2.58 bits per heavy atom. The van der Waals surface area contributed by atoms with E-state index >= 15 is 0 Å². The molecule has 1 atom stereocenters. The molecule has 136 valence electrons. The van der Waals surface area contributed by atoms with Gasteiger partial charge in [0.25, 0.3) is 0 Å². The van der Waals surface area contributed by atoms with Gasteiger partial charge in [-0.3, -0.25) is 9.69 Å². The van der Waals surface area contributed by atoms with Gasteiger partial charge in [0.2, 0.25) is 5.91 Å². The molecular weight excluding hydrogens is 322 g/mol. The fourth-order valence-corrected chi connectivity index (χ4v) is 4.24. The molecule has 4 rings (SSSR count). The van der Waals surface area contributed by atoms with Gasteiger partial charge in [0.05, 0.1) is 6.04 Å². The molecule has 0 bridgehead atoms. The molecule has 2 heterocycles. The van der Waals surface area contributed by atoms with Gasteiger partial charge in [-0.2, -0.15) is 0 Å². The summed E-state index contributed by atoms with van der Waals surface area (Å²) in [4.78, 5) is 19.6. The molecule has 4 nitrogen and oxygen atoms in total. The summed E-state index contributed by atoms with van der Waals surface area (Å²) in [6.07, 6.45) is 0.572. The normalized spacial score (nSPS) is 20.3. The van der Waals surface area contributed by atoms with Crippen LogP contribution in [-0.2, 0) is 17.9 Å². The van der Waals surface area contributed by atoms with Crippen LogP contribution in [0.2, 0.25) is 0 Å². The Labute approximate surface area is 156 Å². The van der Waals surface area contributed by atoms with Crippen LogP contribution in [0.15, 0.2) is 54.6 Å². The van der Waals surface area contributed by atoms with Crippen molar-refractivity contribution >= 4 is 11.6 Å². The predicted octanol–water partition coefficient (Wildman–Crippen LogP) is 3.13. The number of piperazine rings is 1. The van der Waals surface area contributed by atoms with Crippen LogP contribution in [0.1, 0.15) is 24.5 Å². The van der Waals surface area contributed by atoms with Gasteiger partial charge in [-0.15, -0.1) is 0 Å². The highest BCUT2D eigenvalue weighted by atomic mass is 16.2. The van der Waals surface area contributed by atoms with Crippen molar-refractivity contribution in [3.63, 3.8) is 0 Å².